The van der Waals surface area contributed by atoms with E-state index in [1.165, 1.54) is 0 Å². The van der Waals surface area contributed by atoms with Crippen LogP contribution in [0.25, 0.3) is 11.0 Å². The molecule has 0 aliphatic carbocycles. The van der Waals surface area contributed by atoms with Crippen molar-refractivity contribution >= 4 is 16.9 Å². The Bertz CT molecular complexity index is 544. The zero-order chi connectivity index (χ0) is 11.9. The van der Waals surface area contributed by atoms with E-state index in [0.29, 0.717) is 5.58 Å². The average molecular weight is 218 g/mol. The molecule has 3 nitrogen and oxygen atoms in total. The lowest BCUT2D eigenvalue weighted by Crippen LogP contribution is -2.08. The zero-order valence-electron chi connectivity index (χ0n) is 9.57. The van der Waals surface area contributed by atoms with Crippen molar-refractivity contribution in [1.82, 2.24) is 0 Å². The van der Waals surface area contributed by atoms with Crippen molar-refractivity contribution in [3.05, 3.63) is 35.6 Å². The predicted molar refractivity (Wildman–Crippen MR) is 61.9 cm³/mol. The van der Waals surface area contributed by atoms with Crippen LogP contribution in [0, 0.1) is 0 Å². The van der Waals surface area contributed by atoms with Crippen LogP contribution >= 0.6 is 0 Å². The molecular formula is C13H14O3. The third kappa shape index (κ3) is 1.69. The molecule has 0 bridgehead atoms. The third-order valence-electron chi connectivity index (χ3n) is 2.51. The van der Waals surface area contributed by atoms with Crippen molar-refractivity contribution in [2.75, 3.05) is 0 Å². The smallest absolute Gasteiger partial charge is 0.339 e. The van der Waals surface area contributed by atoms with Gasteiger partial charge in [-0.25, -0.2) is 4.79 Å². The number of hydrogen-bond acceptors (Lipinski definition) is 2. The lowest BCUT2D eigenvalue weighted by atomic mass is 9.93. The second-order valence-corrected chi connectivity index (χ2v) is 4.89. The minimum absolute atomic E-state index is 0.116. The normalized spacial score (nSPS) is 11.9. The summed E-state index contributed by atoms with van der Waals surface area (Å²) in [5.74, 6) is -0.156. The highest BCUT2D eigenvalue weighted by molar-refractivity contribution is 6.01. The number of para-hydroxylation sites is 1. The average Bonchev–Trinajstić information content (AvgIpc) is 2.59. The predicted octanol–water partition coefficient (Wildman–Crippen LogP) is 3.43. The molecule has 3 heteroatoms. The summed E-state index contributed by atoms with van der Waals surface area (Å²) >= 11 is 0. The van der Waals surface area contributed by atoms with E-state index in [1.807, 2.05) is 32.9 Å². The van der Waals surface area contributed by atoms with Crippen molar-refractivity contribution in [2.45, 2.75) is 26.2 Å². The van der Waals surface area contributed by atoms with Gasteiger partial charge in [0.05, 0.1) is 0 Å². The summed E-state index contributed by atoms with van der Waals surface area (Å²) in [5, 5.41) is 9.87. The second kappa shape index (κ2) is 3.37. The van der Waals surface area contributed by atoms with Crippen LogP contribution in [0.5, 0.6) is 0 Å². The lowest BCUT2D eigenvalue weighted by molar-refractivity contribution is 0.0697. The fourth-order valence-electron chi connectivity index (χ4n) is 1.60. The van der Waals surface area contributed by atoms with Gasteiger partial charge in [-0.2, -0.15) is 0 Å². The van der Waals surface area contributed by atoms with Crippen molar-refractivity contribution < 1.29 is 14.3 Å². The Kier molecular flexibility index (Phi) is 2.26. The van der Waals surface area contributed by atoms with E-state index in [1.54, 1.807) is 12.1 Å². The van der Waals surface area contributed by atoms with Gasteiger partial charge in [-0.3, -0.25) is 0 Å². The fourth-order valence-corrected chi connectivity index (χ4v) is 1.60. The number of rotatable bonds is 1. The summed E-state index contributed by atoms with van der Waals surface area (Å²) in [5.41, 5.74) is 0.558. The van der Waals surface area contributed by atoms with Gasteiger partial charge < -0.3 is 9.52 Å². The molecule has 0 saturated heterocycles. The molecule has 1 N–H and O–H groups in total. The van der Waals surface area contributed by atoms with Crippen LogP contribution in [0.4, 0.5) is 0 Å². The minimum atomic E-state index is -0.958. The molecule has 0 unspecified atom stereocenters. The highest BCUT2D eigenvalue weighted by atomic mass is 16.4. The van der Waals surface area contributed by atoms with Gasteiger partial charge in [0.2, 0.25) is 0 Å². The molecule has 84 valence electrons. The fraction of sp³-hybridized carbons (Fsp3) is 0.308. The standard InChI is InChI=1S/C13H14O3/c1-13(2,3)10-7-8-5-4-6-9(12(14)15)11(8)16-10/h4-7H,1-3H3,(H,14,15). The van der Waals surface area contributed by atoms with Crippen molar-refractivity contribution in [2.24, 2.45) is 0 Å². The maximum Gasteiger partial charge on any atom is 0.339 e. The van der Waals surface area contributed by atoms with Gasteiger partial charge in [0.25, 0.3) is 0 Å². The molecule has 2 aromatic rings. The summed E-state index contributed by atoms with van der Waals surface area (Å²) in [6.45, 7) is 6.10. The molecule has 0 saturated carbocycles. The van der Waals surface area contributed by atoms with E-state index in [4.69, 9.17) is 9.52 Å². The number of carboxylic acids is 1. The summed E-state index contributed by atoms with van der Waals surface area (Å²) in [6.07, 6.45) is 0. The van der Waals surface area contributed by atoms with Crippen LogP contribution in [0.1, 0.15) is 36.9 Å². The summed E-state index contributed by atoms with van der Waals surface area (Å²) in [6, 6.07) is 7.05. The van der Waals surface area contributed by atoms with E-state index < -0.39 is 5.97 Å². The number of carboxylic acid groups (broad SMARTS) is 1. The molecule has 0 fully saturated rings. The number of carbonyl (C=O) groups is 1. The number of fused-ring (bicyclic) bond motifs is 1. The molecule has 0 aliphatic heterocycles. The van der Waals surface area contributed by atoms with E-state index in [9.17, 15) is 4.79 Å². The Morgan fingerprint density at radius 2 is 2.00 bits per heavy atom. The molecular weight excluding hydrogens is 204 g/mol. The SMILES string of the molecule is CC(C)(C)c1cc2cccc(C(=O)O)c2o1. The molecule has 0 radical (unpaired) electrons. The van der Waals surface area contributed by atoms with Gasteiger partial charge in [0.15, 0.2) is 0 Å². The van der Waals surface area contributed by atoms with Crippen LogP contribution in [0.3, 0.4) is 0 Å². The van der Waals surface area contributed by atoms with Gasteiger partial charge in [-0.05, 0) is 12.1 Å². The first kappa shape index (κ1) is 10.7. The number of furan rings is 1. The van der Waals surface area contributed by atoms with Gasteiger partial charge in [0.1, 0.15) is 16.9 Å². The van der Waals surface area contributed by atoms with E-state index in [0.717, 1.165) is 11.1 Å². The van der Waals surface area contributed by atoms with Crippen LogP contribution in [0.15, 0.2) is 28.7 Å². The monoisotopic (exact) mass is 218 g/mol. The number of benzene rings is 1. The van der Waals surface area contributed by atoms with Gasteiger partial charge >= 0.3 is 5.97 Å². The molecule has 0 amide bonds. The minimum Gasteiger partial charge on any atom is -0.478 e. The maximum atomic E-state index is 11.0. The summed E-state index contributed by atoms with van der Waals surface area (Å²) in [7, 11) is 0. The van der Waals surface area contributed by atoms with Gasteiger partial charge in [0, 0.05) is 10.8 Å². The first-order valence-electron chi connectivity index (χ1n) is 5.16. The Morgan fingerprint density at radius 1 is 1.31 bits per heavy atom. The molecule has 1 aromatic carbocycles. The van der Waals surface area contributed by atoms with E-state index in [-0.39, 0.29) is 11.0 Å². The van der Waals surface area contributed by atoms with Crippen molar-refractivity contribution in [1.29, 1.82) is 0 Å². The molecule has 0 aliphatic rings. The highest BCUT2D eigenvalue weighted by Gasteiger charge is 2.21. The molecule has 16 heavy (non-hydrogen) atoms. The Balaban J connectivity index is 2.71. The second-order valence-electron chi connectivity index (χ2n) is 4.89. The van der Waals surface area contributed by atoms with Crippen molar-refractivity contribution in [3.63, 3.8) is 0 Å². The molecule has 1 heterocycles. The molecule has 2 rings (SSSR count). The number of hydrogen-bond donors (Lipinski definition) is 1. The first-order valence-corrected chi connectivity index (χ1v) is 5.16. The Hall–Kier alpha value is -1.77. The van der Waals surface area contributed by atoms with Crippen LogP contribution in [-0.4, -0.2) is 11.1 Å². The Labute approximate surface area is 93.7 Å². The van der Waals surface area contributed by atoms with E-state index >= 15 is 0 Å². The topological polar surface area (TPSA) is 50.4 Å². The quantitative estimate of drug-likeness (QED) is 0.797. The van der Waals surface area contributed by atoms with Crippen molar-refractivity contribution in [3.8, 4) is 0 Å². The van der Waals surface area contributed by atoms with E-state index in [2.05, 4.69) is 0 Å². The van der Waals surface area contributed by atoms with Crippen LogP contribution < -0.4 is 0 Å². The molecule has 0 atom stereocenters. The first-order chi connectivity index (χ1) is 7.39. The van der Waals surface area contributed by atoms with Crippen LogP contribution in [-0.2, 0) is 5.41 Å². The Morgan fingerprint density at radius 3 is 2.56 bits per heavy atom. The third-order valence-corrected chi connectivity index (χ3v) is 2.51. The maximum absolute atomic E-state index is 11.0. The lowest BCUT2D eigenvalue weighted by Gasteiger charge is -2.13. The van der Waals surface area contributed by atoms with Crippen LogP contribution in [0.2, 0.25) is 0 Å². The molecule has 1 aromatic heterocycles. The molecule has 0 spiro atoms. The van der Waals surface area contributed by atoms with Gasteiger partial charge in [-0.1, -0.05) is 32.9 Å². The summed E-state index contributed by atoms with van der Waals surface area (Å²) in [4.78, 5) is 11.0. The van der Waals surface area contributed by atoms with Gasteiger partial charge in [-0.15, -0.1) is 0 Å². The zero-order valence-corrected chi connectivity index (χ0v) is 9.57. The number of aromatic carboxylic acids is 1. The largest absolute Gasteiger partial charge is 0.478 e. The highest BCUT2D eigenvalue weighted by Crippen LogP contribution is 2.30. The summed E-state index contributed by atoms with van der Waals surface area (Å²) < 4.78 is 5.64.